The molecule has 0 saturated carbocycles. The molecule has 0 saturated heterocycles. The SMILES string of the molecule is CCCOCc1cccnc1NC. The normalized spacial score (nSPS) is 10.0. The molecular weight excluding hydrogens is 164 g/mol. The molecule has 3 heteroatoms. The van der Waals surface area contributed by atoms with Gasteiger partial charge in [0.25, 0.3) is 0 Å². The summed E-state index contributed by atoms with van der Waals surface area (Å²) in [5.74, 6) is 0.901. The number of nitrogens with zero attached hydrogens (tertiary/aromatic N) is 1. The smallest absolute Gasteiger partial charge is 0.131 e. The van der Waals surface area contributed by atoms with E-state index in [-0.39, 0.29) is 0 Å². The Labute approximate surface area is 79.1 Å². The summed E-state index contributed by atoms with van der Waals surface area (Å²) in [5, 5.41) is 3.03. The van der Waals surface area contributed by atoms with E-state index in [0.29, 0.717) is 6.61 Å². The zero-order valence-corrected chi connectivity index (χ0v) is 8.21. The largest absolute Gasteiger partial charge is 0.377 e. The lowest BCUT2D eigenvalue weighted by Crippen LogP contribution is -2.01. The number of nitrogens with one attached hydrogen (secondary N) is 1. The maximum Gasteiger partial charge on any atom is 0.131 e. The molecule has 0 radical (unpaired) electrons. The summed E-state index contributed by atoms with van der Waals surface area (Å²) >= 11 is 0. The highest BCUT2D eigenvalue weighted by molar-refractivity contribution is 5.42. The van der Waals surface area contributed by atoms with Crippen molar-refractivity contribution in [2.45, 2.75) is 20.0 Å². The minimum Gasteiger partial charge on any atom is -0.377 e. The maximum absolute atomic E-state index is 5.43. The fourth-order valence-corrected chi connectivity index (χ4v) is 1.11. The van der Waals surface area contributed by atoms with Gasteiger partial charge in [0.15, 0.2) is 0 Å². The summed E-state index contributed by atoms with van der Waals surface area (Å²) in [6, 6.07) is 3.94. The molecule has 0 amide bonds. The van der Waals surface area contributed by atoms with Crippen molar-refractivity contribution in [3.05, 3.63) is 23.9 Å². The van der Waals surface area contributed by atoms with Gasteiger partial charge >= 0.3 is 0 Å². The molecule has 0 spiro atoms. The highest BCUT2D eigenvalue weighted by Crippen LogP contribution is 2.11. The monoisotopic (exact) mass is 180 g/mol. The Hall–Kier alpha value is -1.09. The minimum absolute atomic E-state index is 0.637. The van der Waals surface area contributed by atoms with Gasteiger partial charge in [0.1, 0.15) is 5.82 Å². The number of rotatable bonds is 5. The lowest BCUT2D eigenvalue weighted by atomic mass is 10.3. The second-order valence-electron chi connectivity index (χ2n) is 2.81. The molecule has 0 unspecified atom stereocenters. The van der Waals surface area contributed by atoms with E-state index in [0.717, 1.165) is 24.4 Å². The van der Waals surface area contributed by atoms with Crippen LogP contribution in [0.15, 0.2) is 18.3 Å². The average Bonchev–Trinajstić information content (AvgIpc) is 2.19. The molecule has 1 N–H and O–H groups in total. The van der Waals surface area contributed by atoms with Crippen LogP contribution in [0.1, 0.15) is 18.9 Å². The van der Waals surface area contributed by atoms with Crippen molar-refractivity contribution in [1.29, 1.82) is 0 Å². The van der Waals surface area contributed by atoms with Gasteiger partial charge in [0, 0.05) is 25.4 Å². The summed E-state index contributed by atoms with van der Waals surface area (Å²) in [6.45, 7) is 3.54. The predicted octanol–water partition coefficient (Wildman–Crippen LogP) is 2.05. The first-order valence-corrected chi connectivity index (χ1v) is 4.58. The van der Waals surface area contributed by atoms with Crippen LogP contribution in [0.2, 0.25) is 0 Å². The van der Waals surface area contributed by atoms with Crippen LogP contribution in [-0.2, 0) is 11.3 Å². The highest BCUT2D eigenvalue weighted by Gasteiger charge is 1.99. The third-order valence-electron chi connectivity index (χ3n) is 1.73. The summed E-state index contributed by atoms with van der Waals surface area (Å²) in [4.78, 5) is 4.18. The topological polar surface area (TPSA) is 34.1 Å². The van der Waals surface area contributed by atoms with Gasteiger partial charge in [-0.05, 0) is 12.5 Å². The Morgan fingerprint density at radius 2 is 2.38 bits per heavy atom. The van der Waals surface area contributed by atoms with E-state index in [4.69, 9.17) is 4.74 Å². The van der Waals surface area contributed by atoms with Gasteiger partial charge in [0.05, 0.1) is 6.61 Å². The molecule has 1 rings (SSSR count). The lowest BCUT2D eigenvalue weighted by molar-refractivity contribution is 0.121. The van der Waals surface area contributed by atoms with Crippen LogP contribution in [0.25, 0.3) is 0 Å². The number of anilines is 1. The Kier molecular flexibility index (Phi) is 4.26. The Bertz CT molecular complexity index is 250. The average molecular weight is 180 g/mol. The molecular formula is C10H16N2O. The van der Waals surface area contributed by atoms with Gasteiger partial charge < -0.3 is 10.1 Å². The van der Waals surface area contributed by atoms with Crippen molar-refractivity contribution in [3.8, 4) is 0 Å². The van der Waals surface area contributed by atoms with Crippen molar-refractivity contribution >= 4 is 5.82 Å². The molecule has 1 heterocycles. The molecule has 72 valence electrons. The van der Waals surface area contributed by atoms with Gasteiger partial charge in [-0.15, -0.1) is 0 Å². The van der Waals surface area contributed by atoms with Gasteiger partial charge in [-0.3, -0.25) is 0 Å². The maximum atomic E-state index is 5.43. The number of hydrogen-bond acceptors (Lipinski definition) is 3. The molecule has 0 aliphatic heterocycles. The van der Waals surface area contributed by atoms with Crippen LogP contribution in [0.4, 0.5) is 5.82 Å². The van der Waals surface area contributed by atoms with Crippen LogP contribution >= 0.6 is 0 Å². The number of aromatic nitrogens is 1. The van der Waals surface area contributed by atoms with Gasteiger partial charge in [0.2, 0.25) is 0 Å². The fourth-order valence-electron chi connectivity index (χ4n) is 1.11. The first kappa shape index (κ1) is 9.99. The summed E-state index contributed by atoms with van der Waals surface area (Å²) in [5.41, 5.74) is 1.11. The Morgan fingerprint density at radius 1 is 1.54 bits per heavy atom. The molecule has 0 atom stereocenters. The third-order valence-corrected chi connectivity index (χ3v) is 1.73. The van der Waals surface area contributed by atoms with Crippen molar-refractivity contribution < 1.29 is 4.74 Å². The van der Waals surface area contributed by atoms with Gasteiger partial charge in [-0.25, -0.2) is 4.98 Å². The zero-order valence-electron chi connectivity index (χ0n) is 8.21. The molecule has 3 nitrogen and oxygen atoms in total. The van der Waals surface area contributed by atoms with Gasteiger partial charge in [-0.1, -0.05) is 13.0 Å². The molecule has 0 bridgehead atoms. The Morgan fingerprint density at radius 3 is 3.08 bits per heavy atom. The molecule has 0 aliphatic carbocycles. The molecule has 0 aromatic carbocycles. The second kappa shape index (κ2) is 5.54. The highest BCUT2D eigenvalue weighted by atomic mass is 16.5. The number of hydrogen-bond donors (Lipinski definition) is 1. The van der Waals surface area contributed by atoms with Crippen LogP contribution in [0.3, 0.4) is 0 Å². The quantitative estimate of drug-likeness (QED) is 0.704. The van der Waals surface area contributed by atoms with Gasteiger partial charge in [-0.2, -0.15) is 0 Å². The number of ether oxygens (including phenoxy) is 1. The summed E-state index contributed by atoms with van der Waals surface area (Å²) in [6.07, 6.45) is 2.82. The molecule has 13 heavy (non-hydrogen) atoms. The third kappa shape index (κ3) is 3.03. The lowest BCUT2D eigenvalue weighted by Gasteiger charge is -2.07. The van der Waals surface area contributed by atoms with Crippen molar-refractivity contribution in [2.75, 3.05) is 19.0 Å². The standard InChI is InChI=1S/C10H16N2O/c1-3-7-13-8-9-5-4-6-12-10(9)11-2/h4-6H,3,7-8H2,1-2H3,(H,11,12). The molecule has 0 aliphatic rings. The van der Waals surface area contributed by atoms with Crippen LogP contribution in [0, 0.1) is 0 Å². The molecule has 0 fully saturated rings. The summed E-state index contributed by atoms with van der Waals surface area (Å²) in [7, 11) is 1.87. The van der Waals surface area contributed by atoms with Crippen LogP contribution in [0.5, 0.6) is 0 Å². The van der Waals surface area contributed by atoms with Crippen molar-refractivity contribution in [2.24, 2.45) is 0 Å². The van der Waals surface area contributed by atoms with E-state index >= 15 is 0 Å². The Balaban J connectivity index is 2.54. The van der Waals surface area contributed by atoms with Crippen LogP contribution in [-0.4, -0.2) is 18.6 Å². The van der Waals surface area contributed by atoms with E-state index in [2.05, 4.69) is 17.2 Å². The summed E-state index contributed by atoms with van der Waals surface area (Å²) < 4.78 is 5.43. The molecule has 1 aromatic rings. The zero-order chi connectivity index (χ0) is 9.52. The van der Waals surface area contributed by atoms with E-state index in [1.165, 1.54) is 0 Å². The first-order chi connectivity index (χ1) is 6.38. The van der Waals surface area contributed by atoms with E-state index < -0.39 is 0 Å². The number of pyridine rings is 1. The fraction of sp³-hybridized carbons (Fsp3) is 0.500. The molecule has 1 aromatic heterocycles. The van der Waals surface area contributed by atoms with Crippen molar-refractivity contribution in [1.82, 2.24) is 4.98 Å². The van der Waals surface area contributed by atoms with E-state index in [9.17, 15) is 0 Å². The van der Waals surface area contributed by atoms with Crippen LogP contribution < -0.4 is 5.32 Å². The van der Waals surface area contributed by atoms with E-state index in [1.807, 2.05) is 19.2 Å². The first-order valence-electron chi connectivity index (χ1n) is 4.58. The minimum atomic E-state index is 0.637. The second-order valence-corrected chi connectivity index (χ2v) is 2.81. The predicted molar refractivity (Wildman–Crippen MR) is 53.7 cm³/mol. The van der Waals surface area contributed by atoms with Crippen molar-refractivity contribution in [3.63, 3.8) is 0 Å². The van der Waals surface area contributed by atoms with E-state index in [1.54, 1.807) is 6.20 Å².